The van der Waals surface area contributed by atoms with Gasteiger partial charge in [-0.1, -0.05) is 32.0 Å². The van der Waals surface area contributed by atoms with Crippen LogP contribution in [0.4, 0.5) is 10.2 Å². The number of nitrogens with one attached hydrogen (secondary N) is 1. The summed E-state index contributed by atoms with van der Waals surface area (Å²) in [6.07, 6.45) is -4.27. The summed E-state index contributed by atoms with van der Waals surface area (Å²) in [6, 6.07) is 12.6. The highest BCUT2D eigenvalue weighted by molar-refractivity contribution is 7.52. The molecule has 0 aliphatic carbocycles. The first-order valence-electron chi connectivity index (χ1n) is 13.5. The molecule has 15 nitrogen and oxygen atoms in total. The molecule has 1 aliphatic rings. The third kappa shape index (κ3) is 6.37. The van der Waals surface area contributed by atoms with Gasteiger partial charge in [0.05, 0.1) is 24.8 Å². The van der Waals surface area contributed by atoms with Crippen LogP contribution in [0.2, 0.25) is 0 Å². The van der Waals surface area contributed by atoms with Crippen LogP contribution in [0.3, 0.4) is 0 Å². The van der Waals surface area contributed by atoms with Gasteiger partial charge in [-0.05, 0) is 38.1 Å². The number of carbonyl (C=O) groups excluding carboxylic acids is 2. The van der Waals surface area contributed by atoms with Gasteiger partial charge in [0.25, 0.3) is 0 Å². The van der Waals surface area contributed by atoms with Gasteiger partial charge in [-0.2, -0.15) is 14.6 Å². The van der Waals surface area contributed by atoms with Crippen LogP contribution in [0, 0.1) is 23.3 Å². The summed E-state index contributed by atoms with van der Waals surface area (Å²) < 4.78 is 56.8. The summed E-state index contributed by atoms with van der Waals surface area (Å²) in [6.45, 7) is 4.72. The second kappa shape index (κ2) is 12.8. The van der Waals surface area contributed by atoms with Gasteiger partial charge < -0.3 is 29.6 Å². The van der Waals surface area contributed by atoms with E-state index in [-0.39, 0.29) is 29.4 Å². The summed E-state index contributed by atoms with van der Waals surface area (Å²) in [5, 5.41) is 28.5. The molecule has 0 saturated carbocycles. The molecule has 44 heavy (non-hydrogen) atoms. The van der Waals surface area contributed by atoms with Gasteiger partial charge in [-0.15, -0.1) is 5.10 Å². The molecular formula is C27H32FN6O9P. The number of halogens is 1. The maximum absolute atomic E-state index is 14.2. The Morgan fingerprint density at radius 3 is 2.64 bits per heavy atom. The lowest BCUT2D eigenvalue weighted by Crippen LogP contribution is -2.54. The summed E-state index contributed by atoms with van der Waals surface area (Å²) in [5.41, 5.74) is 1.09. The van der Waals surface area contributed by atoms with E-state index in [1.54, 1.807) is 39.0 Å². The molecule has 4 N–H and O–H groups in total. The lowest BCUT2D eigenvalue weighted by Gasteiger charge is -2.34. The number of rotatable bonds is 12. The van der Waals surface area contributed by atoms with Crippen molar-refractivity contribution in [2.75, 3.05) is 25.5 Å². The Labute approximate surface area is 251 Å². The van der Waals surface area contributed by atoms with Crippen molar-refractivity contribution in [2.45, 2.75) is 51.1 Å². The first-order chi connectivity index (χ1) is 20.8. The number of aliphatic hydroxyl groups is 1. The number of nitrogens with zero attached hydrogens (tertiary/aromatic N) is 4. The Kier molecular flexibility index (Phi) is 9.57. The summed E-state index contributed by atoms with van der Waals surface area (Å²) >= 11 is 0. The number of nitriles is 1. The van der Waals surface area contributed by atoms with Gasteiger partial charge in [0, 0.05) is 0 Å². The SMILES string of the molecule is CCOC(=O)CNP(=O)(OCC1OC(C#N)(c2ccc3c(N)nc(F)nn23)C(C)(O)C1OC(=O)C(C)C)Oc1ccccc1. The number of hydrogen-bond acceptors (Lipinski definition) is 13. The molecule has 236 valence electrons. The lowest BCUT2D eigenvalue weighted by atomic mass is 9.80. The Morgan fingerprint density at radius 1 is 1.30 bits per heavy atom. The highest BCUT2D eigenvalue weighted by Crippen LogP contribution is 2.51. The molecule has 0 amide bonds. The van der Waals surface area contributed by atoms with E-state index >= 15 is 0 Å². The normalized spacial score (nSPS) is 24.5. The maximum atomic E-state index is 14.2. The zero-order valence-corrected chi connectivity index (χ0v) is 25.2. The molecule has 5 atom stereocenters. The average molecular weight is 635 g/mol. The third-order valence-corrected chi connectivity index (χ3v) is 8.26. The Bertz CT molecular complexity index is 1610. The smallest absolute Gasteiger partial charge is 0.459 e. The Morgan fingerprint density at radius 2 is 2.00 bits per heavy atom. The molecule has 2 aromatic heterocycles. The third-order valence-electron chi connectivity index (χ3n) is 6.78. The number of hydrogen-bond donors (Lipinski definition) is 3. The minimum absolute atomic E-state index is 0.0737. The van der Waals surface area contributed by atoms with Crippen molar-refractivity contribution in [1.82, 2.24) is 19.7 Å². The van der Waals surface area contributed by atoms with Crippen molar-refractivity contribution >= 4 is 31.0 Å². The number of esters is 2. The van der Waals surface area contributed by atoms with Crippen molar-refractivity contribution in [3.05, 3.63) is 54.2 Å². The molecule has 1 fully saturated rings. The predicted octanol–water partition coefficient (Wildman–Crippen LogP) is 2.24. The Balaban J connectivity index is 1.73. The molecular weight excluding hydrogens is 602 g/mol. The van der Waals surface area contributed by atoms with Crippen molar-refractivity contribution in [1.29, 1.82) is 5.26 Å². The largest absolute Gasteiger partial charge is 0.465 e. The second-order valence-corrected chi connectivity index (χ2v) is 12.0. The fourth-order valence-electron chi connectivity index (χ4n) is 4.59. The van der Waals surface area contributed by atoms with E-state index in [2.05, 4.69) is 15.2 Å². The highest BCUT2D eigenvalue weighted by atomic mass is 31.2. The molecule has 0 radical (unpaired) electrons. The van der Waals surface area contributed by atoms with Crippen LogP contribution in [0.1, 0.15) is 33.4 Å². The first-order valence-corrected chi connectivity index (χ1v) is 15.0. The lowest BCUT2D eigenvalue weighted by molar-refractivity contribution is -0.168. The monoisotopic (exact) mass is 634 g/mol. The first kappa shape index (κ1) is 32.8. The number of nitrogen functional groups attached to an aromatic ring is 1. The predicted molar refractivity (Wildman–Crippen MR) is 150 cm³/mol. The fraction of sp³-hybridized carbons (Fsp3) is 0.444. The molecule has 5 unspecified atom stereocenters. The molecule has 17 heteroatoms. The standard InChI is InChI=1S/C27H32FN6O9P/c1-5-39-21(35)13-31-44(38,43-17-9-7-6-8-10-17)40-14-19-22(41-24(36)16(2)3)26(4,37)27(15-29,42-19)20-12-11-18-23(30)32-25(28)33-34(18)20/h6-12,16,19,22,37H,5,13-14H2,1-4H3,(H,31,38)(H2,30,32,33). The molecule has 4 rings (SSSR count). The molecule has 0 spiro atoms. The van der Waals surface area contributed by atoms with Gasteiger partial charge in [-0.25, -0.2) is 14.2 Å². The van der Waals surface area contributed by atoms with Crippen LogP contribution in [-0.2, 0) is 38.5 Å². The summed E-state index contributed by atoms with van der Waals surface area (Å²) in [7, 11) is -4.38. The minimum atomic E-state index is -4.38. The number of ether oxygens (including phenoxy) is 3. The highest BCUT2D eigenvalue weighted by Gasteiger charge is 2.67. The van der Waals surface area contributed by atoms with Gasteiger partial charge >= 0.3 is 25.8 Å². The van der Waals surface area contributed by atoms with Crippen LogP contribution in [0.15, 0.2) is 42.5 Å². The number of benzene rings is 1. The van der Waals surface area contributed by atoms with E-state index in [1.165, 1.54) is 31.2 Å². The molecule has 0 bridgehead atoms. The van der Waals surface area contributed by atoms with Crippen LogP contribution in [-0.4, -0.2) is 69.2 Å². The zero-order chi connectivity index (χ0) is 32.3. The maximum Gasteiger partial charge on any atom is 0.459 e. The van der Waals surface area contributed by atoms with E-state index in [4.69, 9.17) is 29.0 Å². The van der Waals surface area contributed by atoms with Crippen LogP contribution in [0.5, 0.6) is 5.75 Å². The average Bonchev–Trinajstić information content (AvgIpc) is 3.48. The van der Waals surface area contributed by atoms with Crippen molar-refractivity contribution in [3.8, 4) is 11.8 Å². The van der Waals surface area contributed by atoms with E-state index in [0.717, 1.165) is 4.52 Å². The Hall–Kier alpha value is -4.13. The van der Waals surface area contributed by atoms with Crippen molar-refractivity contribution < 1.29 is 46.9 Å². The van der Waals surface area contributed by atoms with E-state index in [9.17, 15) is 28.9 Å². The number of nitrogens with two attached hydrogens (primary N) is 1. The molecule has 1 saturated heterocycles. The van der Waals surface area contributed by atoms with Gasteiger partial charge in [-0.3, -0.25) is 14.1 Å². The number of aromatic nitrogens is 3. The van der Waals surface area contributed by atoms with Crippen LogP contribution in [0.25, 0.3) is 5.52 Å². The molecule has 1 aliphatic heterocycles. The van der Waals surface area contributed by atoms with E-state index in [0.29, 0.717) is 0 Å². The fourth-order valence-corrected chi connectivity index (χ4v) is 5.86. The second-order valence-electron chi connectivity index (χ2n) is 10.2. The minimum Gasteiger partial charge on any atom is -0.465 e. The summed E-state index contributed by atoms with van der Waals surface area (Å²) in [5.74, 6) is -2.27. The van der Waals surface area contributed by atoms with Crippen molar-refractivity contribution in [3.63, 3.8) is 0 Å². The van der Waals surface area contributed by atoms with E-state index in [1.807, 2.05) is 6.07 Å². The van der Waals surface area contributed by atoms with Crippen LogP contribution >= 0.6 is 7.75 Å². The van der Waals surface area contributed by atoms with Gasteiger partial charge in [0.15, 0.2) is 11.9 Å². The topological polar surface area (TPSA) is 210 Å². The number of para-hydroxylation sites is 1. The number of anilines is 1. The number of carbonyl (C=O) groups is 2. The van der Waals surface area contributed by atoms with E-state index < -0.39 is 68.2 Å². The van der Waals surface area contributed by atoms with Gasteiger partial charge in [0.1, 0.15) is 35.6 Å². The van der Waals surface area contributed by atoms with Crippen LogP contribution < -0.4 is 15.3 Å². The molecule has 1 aromatic carbocycles. The van der Waals surface area contributed by atoms with Crippen molar-refractivity contribution in [2.24, 2.45) is 5.92 Å². The molecule has 3 heterocycles. The summed E-state index contributed by atoms with van der Waals surface area (Å²) in [4.78, 5) is 28.2. The number of fused-ring (bicyclic) bond motifs is 1. The zero-order valence-electron chi connectivity index (χ0n) is 24.3. The molecule has 3 aromatic rings. The quantitative estimate of drug-likeness (QED) is 0.193. The van der Waals surface area contributed by atoms with Gasteiger partial charge in [0.2, 0.25) is 5.60 Å².